The largest absolute Gasteiger partial charge is 0.283 e. The first-order chi connectivity index (χ1) is 15.3. The molecule has 0 saturated carbocycles. The third-order valence-corrected chi connectivity index (χ3v) is 6.57. The first-order valence-corrected chi connectivity index (χ1v) is 11.5. The molecule has 0 bridgehead atoms. The highest BCUT2D eigenvalue weighted by atomic mass is 32.2. The summed E-state index contributed by atoms with van der Waals surface area (Å²) in [4.78, 5) is 31.2. The molecular formula is C23H17N5OS2. The molecule has 3 aromatic heterocycles. The Labute approximate surface area is 186 Å². The zero-order valence-electron chi connectivity index (χ0n) is 16.4. The lowest BCUT2D eigenvalue weighted by Crippen LogP contribution is -2.24. The molecule has 0 radical (unpaired) electrons. The van der Waals surface area contributed by atoms with Gasteiger partial charge in [-0.05, 0) is 23.8 Å². The quantitative estimate of drug-likeness (QED) is 0.281. The van der Waals surface area contributed by atoms with Crippen LogP contribution in [-0.4, -0.2) is 24.5 Å². The van der Waals surface area contributed by atoms with Gasteiger partial charge in [0.2, 0.25) is 0 Å². The summed E-state index contributed by atoms with van der Waals surface area (Å²) < 4.78 is 1.75. The molecule has 0 amide bonds. The van der Waals surface area contributed by atoms with Gasteiger partial charge in [0, 0.05) is 23.5 Å². The Kier molecular flexibility index (Phi) is 5.56. The second-order valence-corrected chi connectivity index (χ2v) is 8.59. The van der Waals surface area contributed by atoms with E-state index in [0.29, 0.717) is 34.2 Å². The normalized spacial score (nSPS) is 11.1. The minimum absolute atomic E-state index is 0.0337. The maximum Gasteiger partial charge on any atom is 0.262 e. The number of aromatic nitrogens is 5. The number of hydrogen-bond donors (Lipinski definition) is 0. The molecular weight excluding hydrogens is 426 g/mol. The summed E-state index contributed by atoms with van der Waals surface area (Å²) >= 11 is 3.02. The fraction of sp³-hybridized carbons (Fsp3) is 0.0870. The average molecular weight is 444 g/mol. The van der Waals surface area contributed by atoms with E-state index in [2.05, 4.69) is 15.0 Å². The summed E-state index contributed by atoms with van der Waals surface area (Å²) in [6.45, 7) is 0.472. The van der Waals surface area contributed by atoms with Gasteiger partial charge < -0.3 is 0 Å². The number of rotatable bonds is 6. The minimum Gasteiger partial charge on any atom is -0.283 e. The van der Waals surface area contributed by atoms with Crippen molar-refractivity contribution in [3.05, 3.63) is 100 Å². The smallest absolute Gasteiger partial charge is 0.262 e. The highest BCUT2D eigenvalue weighted by Gasteiger charge is 2.14. The molecule has 5 rings (SSSR count). The van der Waals surface area contributed by atoms with Crippen LogP contribution in [0.25, 0.3) is 21.7 Å². The lowest BCUT2D eigenvalue weighted by atomic mass is 10.2. The van der Waals surface area contributed by atoms with Crippen LogP contribution in [-0.2, 0) is 12.3 Å². The van der Waals surface area contributed by atoms with Crippen LogP contribution in [0.5, 0.6) is 0 Å². The van der Waals surface area contributed by atoms with E-state index >= 15 is 0 Å². The van der Waals surface area contributed by atoms with E-state index < -0.39 is 0 Å². The highest BCUT2D eigenvalue weighted by molar-refractivity contribution is 7.98. The van der Waals surface area contributed by atoms with Crippen LogP contribution in [0.3, 0.4) is 0 Å². The molecule has 0 N–H and O–H groups in total. The third-order valence-electron chi connectivity index (χ3n) is 4.67. The van der Waals surface area contributed by atoms with Crippen LogP contribution in [0.2, 0.25) is 0 Å². The molecule has 2 aromatic carbocycles. The van der Waals surface area contributed by atoms with Gasteiger partial charge in [-0.3, -0.25) is 9.36 Å². The Morgan fingerprint density at radius 3 is 2.52 bits per heavy atom. The maximum absolute atomic E-state index is 13.2. The number of thioether (sulfide) groups is 1. The third kappa shape index (κ3) is 4.26. The van der Waals surface area contributed by atoms with E-state index in [0.717, 1.165) is 16.3 Å². The van der Waals surface area contributed by atoms with Crippen LogP contribution >= 0.6 is 23.1 Å². The number of nitrogens with zero attached hydrogens (tertiary/aromatic N) is 5. The molecule has 0 saturated heterocycles. The van der Waals surface area contributed by atoms with Gasteiger partial charge in [-0.15, -0.1) is 11.3 Å². The molecule has 5 aromatic rings. The lowest BCUT2D eigenvalue weighted by Gasteiger charge is -2.13. The molecule has 0 atom stereocenters. The van der Waals surface area contributed by atoms with Gasteiger partial charge in [0.15, 0.2) is 16.0 Å². The second-order valence-electron chi connectivity index (χ2n) is 6.79. The molecule has 152 valence electrons. The van der Waals surface area contributed by atoms with Gasteiger partial charge in [0.1, 0.15) is 0 Å². The number of fused-ring (bicyclic) bond motifs is 1. The molecule has 31 heavy (non-hydrogen) atoms. The van der Waals surface area contributed by atoms with Crippen molar-refractivity contribution < 1.29 is 0 Å². The Morgan fingerprint density at radius 2 is 1.68 bits per heavy atom. The van der Waals surface area contributed by atoms with Crippen LogP contribution in [0.4, 0.5) is 0 Å². The van der Waals surface area contributed by atoms with E-state index in [1.54, 1.807) is 23.0 Å². The average Bonchev–Trinajstić information content (AvgIpc) is 3.30. The van der Waals surface area contributed by atoms with E-state index in [9.17, 15) is 4.79 Å². The molecule has 0 spiro atoms. The highest BCUT2D eigenvalue weighted by Crippen LogP contribution is 2.26. The molecule has 3 heterocycles. The van der Waals surface area contributed by atoms with Gasteiger partial charge in [-0.1, -0.05) is 54.2 Å². The molecule has 6 nitrogen and oxygen atoms in total. The van der Waals surface area contributed by atoms with Gasteiger partial charge in [-0.25, -0.2) is 19.9 Å². The molecule has 0 aliphatic rings. The van der Waals surface area contributed by atoms with Crippen molar-refractivity contribution in [3.63, 3.8) is 0 Å². The Hall–Kier alpha value is -3.36. The van der Waals surface area contributed by atoms with Crippen molar-refractivity contribution in [1.82, 2.24) is 24.5 Å². The summed E-state index contributed by atoms with van der Waals surface area (Å²) in [6, 6.07) is 19.2. The monoisotopic (exact) mass is 443 g/mol. The summed E-state index contributed by atoms with van der Waals surface area (Å²) in [5, 5.41) is 4.08. The first kappa shape index (κ1) is 19.6. The van der Waals surface area contributed by atoms with Crippen molar-refractivity contribution in [1.29, 1.82) is 0 Å². The fourth-order valence-corrected chi connectivity index (χ4v) is 4.95. The van der Waals surface area contributed by atoms with Crippen molar-refractivity contribution in [2.75, 3.05) is 0 Å². The molecule has 0 unspecified atom stereocenters. The number of hydrogen-bond acceptors (Lipinski definition) is 7. The van der Waals surface area contributed by atoms with Crippen molar-refractivity contribution >= 4 is 34.0 Å². The van der Waals surface area contributed by atoms with Crippen LogP contribution < -0.4 is 5.56 Å². The van der Waals surface area contributed by atoms with Crippen LogP contribution in [0.15, 0.2) is 88.4 Å². The Morgan fingerprint density at radius 1 is 0.903 bits per heavy atom. The summed E-state index contributed by atoms with van der Waals surface area (Å²) in [5.41, 5.74) is 2.64. The van der Waals surface area contributed by atoms with Gasteiger partial charge in [0.05, 0.1) is 23.1 Å². The zero-order chi connectivity index (χ0) is 21.0. The van der Waals surface area contributed by atoms with Crippen LogP contribution in [0.1, 0.15) is 11.3 Å². The number of para-hydroxylation sites is 1. The van der Waals surface area contributed by atoms with Crippen molar-refractivity contribution in [2.24, 2.45) is 0 Å². The Bertz CT molecular complexity index is 1380. The SMILES string of the molecule is O=c1c2ccccc2nc(SCc2csc(-c3ncccn3)n2)n1Cc1ccccc1. The maximum atomic E-state index is 13.2. The van der Waals surface area contributed by atoms with E-state index in [1.807, 2.05) is 60.0 Å². The van der Waals surface area contributed by atoms with E-state index in [4.69, 9.17) is 4.98 Å². The number of thiazole rings is 1. The molecule has 0 aliphatic carbocycles. The molecule has 8 heteroatoms. The van der Waals surface area contributed by atoms with Crippen molar-refractivity contribution in [2.45, 2.75) is 17.5 Å². The second kappa shape index (κ2) is 8.79. The summed E-state index contributed by atoms with van der Waals surface area (Å²) in [6.07, 6.45) is 3.42. The molecule has 0 aliphatic heterocycles. The van der Waals surface area contributed by atoms with E-state index in [1.165, 1.54) is 23.1 Å². The first-order valence-electron chi connectivity index (χ1n) is 9.66. The van der Waals surface area contributed by atoms with Crippen LogP contribution in [0, 0.1) is 0 Å². The standard InChI is InChI=1S/C23H17N5OS2/c29-22-18-9-4-5-10-19(18)27-23(28(22)13-16-7-2-1-3-8-16)31-15-17-14-30-21(26-17)20-24-11-6-12-25-20/h1-12,14H,13,15H2. The van der Waals surface area contributed by atoms with E-state index in [-0.39, 0.29) is 5.56 Å². The fourth-order valence-electron chi connectivity index (χ4n) is 3.19. The van der Waals surface area contributed by atoms with Crippen molar-refractivity contribution in [3.8, 4) is 10.8 Å². The summed E-state index contributed by atoms with van der Waals surface area (Å²) in [7, 11) is 0. The minimum atomic E-state index is -0.0337. The molecule has 0 fully saturated rings. The van der Waals surface area contributed by atoms with Gasteiger partial charge in [0.25, 0.3) is 5.56 Å². The predicted octanol–water partition coefficient (Wildman–Crippen LogP) is 4.65. The predicted molar refractivity (Wildman–Crippen MR) is 124 cm³/mol. The Balaban J connectivity index is 1.47. The lowest BCUT2D eigenvalue weighted by molar-refractivity contribution is 0.658. The number of benzene rings is 2. The zero-order valence-corrected chi connectivity index (χ0v) is 18.0. The topological polar surface area (TPSA) is 73.6 Å². The van der Waals surface area contributed by atoms with Gasteiger partial charge in [-0.2, -0.15) is 0 Å². The summed E-state index contributed by atoms with van der Waals surface area (Å²) in [5.74, 6) is 1.22. The van der Waals surface area contributed by atoms with Gasteiger partial charge >= 0.3 is 0 Å².